The fourth-order valence-corrected chi connectivity index (χ4v) is 1.71. The molecule has 0 fully saturated rings. The highest BCUT2D eigenvalue weighted by molar-refractivity contribution is 5.78. The average molecular weight is 288 g/mol. The number of amides is 1. The number of rotatable bonds is 6. The van der Waals surface area contributed by atoms with Crippen LogP contribution in [0.4, 0.5) is 13.2 Å². The molecule has 0 saturated heterocycles. The lowest BCUT2D eigenvalue weighted by Crippen LogP contribution is -2.27. The third-order valence-corrected chi connectivity index (χ3v) is 2.80. The minimum absolute atomic E-state index is 0.0797. The van der Waals surface area contributed by atoms with Crippen molar-refractivity contribution in [3.8, 4) is 0 Å². The monoisotopic (exact) mass is 288 g/mol. The van der Waals surface area contributed by atoms with Gasteiger partial charge in [0.1, 0.15) is 0 Å². The molecule has 0 spiro atoms. The van der Waals surface area contributed by atoms with Gasteiger partial charge in [0, 0.05) is 12.6 Å². The Morgan fingerprint density at radius 3 is 2.40 bits per heavy atom. The highest BCUT2D eigenvalue weighted by Gasteiger charge is 2.29. The van der Waals surface area contributed by atoms with Gasteiger partial charge in [-0.2, -0.15) is 13.2 Å². The number of carbonyl (C=O) groups is 1. The predicted molar refractivity (Wildman–Crippen MR) is 71.0 cm³/mol. The quantitative estimate of drug-likeness (QED) is 0.790. The second-order valence-corrected chi connectivity index (χ2v) is 4.84. The van der Waals surface area contributed by atoms with E-state index in [1.807, 2.05) is 6.92 Å². The van der Waals surface area contributed by atoms with Crippen molar-refractivity contribution in [1.29, 1.82) is 0 Å². The molecule has 1 atom stereocenters. The van der Waals surface area contributed by atoms with Crippen LogP contribution in [-0.2, 0) is 17.4 Å². The van der Waals surface area contributed by atoms with Crippen LogP contribution in [0.3, 0.4) is 0 Å². The summed E-state index contributed by atoms with van der Waals surface area (Å²) in [5, 5.41) is 2.71. The number of alkyl halides is 3. The van der Waals surface area contributed by atoms with Crippen LogP contribution in [0.1, 0.15) is 30.9 Å². The molecule has 3 N–H and O–H groups in total. The van der Waals surface area contributed by atoms with Crippen LogP contribution >= 0.6 is 0 Å². The summed E-state index contributed by atoms with van der Waals surface area (Å²) in [4.78, 5) is 11.6. The topological polar surface area (TPSA) is 55.1 Å². The Morgan fingerprint density at radius 1 is 1.30 bits per heavy atom. The Hall–Kier alpha value is -1.56. The maximum atomic E-state index is 12.4. The molecule has 1 aromatic carbocycles. The Bertz CT molecular complexity index is 427. The summed E-state index contributed by atoms with van der Waals surface area (Å²) < 4.78 is 37.1. The molecule has 0 aromatic heterocycles. The van der Waals surface area contributed by atoms with Crippen LogP contribution in [0.15, 0.2) is 24.3 Å². The lowest BCUT2D eigenvalue weighted by Gasteiger charge is -2.09. The fourth-order valence-electron chi connectivity index (χ4n) is 1.71. The Kier molecular flexibility index (Phi) is 6.01. The normalized spacial score (nSPS) is 13.1. The van der Waals surface area contributed by atoms with Gasteiger partial charge in [-0.3, -0.25) is 4.79 Å². The summed E-state index contributed by atoms with van der Waals surface area (Å²) in [5.74, 6) is -0.200. The summed E-state index contributed by atoms with van der Waals surface area (Å²) in [6, 6.07) is 4.72. The van der Waals surface area contributed by atoms with Gasteiger partial charge in [-0.25, -0.2) is 0 Å². The molecule has 1 amide bonds. The van der Waals surface area contributed by atoms with Crippen molar-refractivity contribution in [2.45, 2.75) is 38.4 Å². The number of hydrogen-bond donors (Lipinski definition) is 2. The van der Waals surface area contributed by atoms with E-state index in [1.165, 1.54) is 12.1 Å². The molecule has 3 nitrogen and oxygen atoms in total. The molecule has 1 aromatic rings. The zero-order valence-electron chi connectivity index (χ0n) is 11.3. The highest BCUT2D eigenvalue weighted by Crippen LogP contribution is 2.29. The summed E-state index contributed by atoms with van der Waals surface area (Å²) in [7, 11) is 0. The van der Waals surface area contributed by atoms with Gasteiger partial charge < -0.3 is 11.1 Å². The fraction of sp³-hybridized carbons (Fsp3) is 0.500. The van der Waals surface area contributed by atoms with Gasteiger partial charge in [-0.15, -0.1) is 0 Å². The molecule has 0 aliphatic carbocycles. The first-order chi connectivity index (χ1) is 9.29. The molecule has 0 aliphatic heterocycles. The Balaban J connectivity index is 2.39. The zero-order valence-corrected chi connectivity index (χ0v) is 11.3. The van der Waals surface area contributed by atoms with Gasteiger partial charge in [-0.1, -0.05) is 12.1 Å². The number of nitrogens with two attached hydrogens (primary N) is 1. The van der Waals surface area contributed by atoms with Crippen molar-refractivity contribution in [3.63, 3.8) is 0 Å². The molecule has 6 heteroatoms. The van der Waals surface area contributed by atoms with Crippen LogP contribution in [0.25, 0.3) is 0 Å². The lowest BCUT2D eigenvalue weighted by molar-refractivity contribution is -0.137. The van der Waals surface area contributed by atoms with Crippen molar-refractivity contribution in [2.24, 2.45) is 5.73 Å². The van der Waals surface area contributed by atoms with Crippen molar-refractivity contribution in [2.75, 3.05) is 6.54 Å². The third kappa shape index (κ3) is 6.06. The number of benzene rings is 1. The van der Waals surface area contributed by atoms with E-state index in [4.69, 9.17) is 5.73 Å². The summed E-state index contributed by atoms with van der Waals surface area (Å²) in [6.07, 6.45) is -2.66. The van der Waals surface area contributed by atoms with Gasteiger partial charge in [0.05, 0.1) is 12.0 Å². The minimum Gasteiger partial charge on any atom is -0.356 e. The van der Waals surface area contributed by atoms with Crippen molar-refractivity contribution in [3.05, 3.63) is 35.4 Å². The summed E-state index contributed by atoms with van der Waals surface area (Å²) >= 11 is 0. The van der Waals surface area contributed by atoms with E-state index in [1.54, 1.807) is 0 Å². The standard InChI is InChI=1S/C14H19F3N2O/c1-10(18)3-2-8-19-13(20)9-11-4-6-12(7-5-11)14(15,16)17/h4-7,10H,2-3,8-9,18H2,1H3,(H,19,20). The SMILES string of the molecule is CC(N)CCCNC(=O)Cc1ccc(C(F)(F)F)cc1. The predicted octanol–water partition coefficient (Wildman–Crippen LogP) is 2.49. The first-order valence-electron chi connectivity index (χ1n) is 6.47. The smallest absolute Gasteiger partial charge is 0.356 e. The summed E-state index contributed by atoms with van der Waals surface area (Å²) in [6.45, 7) is 2.42. The molecule has 0 aliphatic rings. The number of halogens is 3. The highest BCUT2D eigenvalue weighted by atomic mass is 19.4. The molecular formula is C14H19F3N2O. The molecule has 0 saturated carbocycles. The van der Waals surface area contributed by atoms with Crippen molar-refractivity contribution < 1.29 is 18.0 Å². The molecule has 20 heavy (non-hydrogen) atoms. The van der Waals surface area contributed by atoms with Crippen LogP contribution in [-0.4, -0.2) is 18.5 Å². The molecule has 1 unspecified atom stereocenters. The van der Waals surface area contributed by atoms with E-state index in [-0.39, 0.29) is 18.4 Å². The molecular weight excluding hydrogens is 269 g/mol. The molecule has 1 rings (SSSR count). The van der Waals surface area contributed by atoms with E-state index in [0.29, 0.717) is 12.1 Å². The van der Waals surface area contributed by atoms with Crippen LogP contribution in [0.5, 0.6) is 0 Å². The zero-order chi connectivity index (χ0) is 15.2. The first-order valence-corrected chi connectivity index (χ1v) is 6.47. The van der Waals surface area contributed by atoms with E-state index < -0.39 is 11.7 Å². The lowest BCUT2D eigenvalue weighted by atomic mass is 10.1. The maximum Gasteiger partial charge on any atom is 0.416 e. The van der Waals surface area contributed by atoms with Crippen LogP contribution < -0.4 is 11.1 Å². The second kappa shape index (κ2) is 7.28. The minimum atomic E-state index is -4.35. The Morgan fingerprint density at radius 2 is 1.90 bits per heavy atom. The maximum absolute atomic E-state index is 12.4. The molecule has 0 radical (unpaired) electrons. The van der Waals surface area contributed by atoms with Gasteiger partial charge in [0.25, 0.3) is 0 Å². The summed E-state index contributed by atoms with van der Waals surface area (Å²) in [5.41, 5.74) is 5.43. The van der Waals surface area contributed by atoms with Gasteiger partial charge >= 0.3 is 6.18 Å². The average Bonchev–Trinajstić information content (AvgIpc) is 2.34. The molecule has 0 bridgehead atoms. The van der Waals surface area contributed by atoms with E-state index in [0.717, 1.165) is 25.0 Å². The van der Waals surface area contributed by atoms with Crippen molar-refractivity contribution in [1.82, 2.24) is 5.32 Å². The number of carbonyl (C=O) groups excluding carboxylic acids is 1. The van der Waals surface area contributed by atoms with E-state index in [2.05, 4.69) is 5.32 Å². The first kappa shape index (κ1) is 16.5. The third-order valence-electron chi connectivity index (χ3n) is 2.80. The largest absolute Gasteiger partial charge is 0.416 e. The van der Waals surface area contributed by atoms with Crippen LogP contribution in [0, 0.1) is 0 Å². The van der Waals surface area contributed by atoms with Gasteiger partial charge in [0.15, 0.2) is 0 Å². The number of nitrogens with one attached hydrogen (secondary N) is 1. The van der Waals surface area contributed by atoms with E-state index >= 15 is 0 Å². The Labute approximate surface area is 116 Å². The molecule has 0 heterocycles. The number of hydrogen-bond acceptors (Lipinski definition) is 2. The molecule has 112 valence electrons. The second-order valence-electron chi connectivity index (χ2n) is 4.84. The van der Waals surface area contributed by atoms with Gasteiger partial charge in [-0.05, 0) is 37.5 Å². The van der Waals surface area contributed by atoms with Gasteiger partial charge in [0.2, 0.25) is 5.91 Å². The van der Waals surface area contributed by atoms with Crippen molar-refractivity contribution >= 4 is 5.91 Å². The van der Waals surface area contributed by atoms with Crippen LogP contribution in [0.2, 0.25) is 0 Å². The van der Waals surface area contributed by atoms with E-state index in [9.17, 15) is 18.0 Å².